The minimum atomic E-state index is 0.749. The Balaban J connectivity index is 2.51. The summed E-state index contributed by atoms with van der Waals surface area (Å²) in [5, 5.41) is 0. The van der Waals surface area contributed by atoms with E-state index in [9.17, 15) is 0 Å². The summed E-state index contributed by atoms with van der Waals surface area (Å²) < 4.78 is 6.04. The van der Waals surface area contributed by atoms with Crippen molar-refractivity contribution in [2.75, 3.05) is 0 Å². The first-order valence-corrected chi connectivity index (χ1v) is 3.90. The zero-order valence-electron chi connectivity index (χ0n) is 4.69. The van der Waals surface area contributed by atoms with Gasteiger partial charge in [-0.15, -0.1) is 11.3 Å². The largest absolute Gasteiger partial charge is 0.371 e. The Morgan fingerprint density at radius 1 is 1.56 bits per heavy atom. The highest BCUT2D eigenvalue weighted by Crippen LogP contribution is 2.31. The second-order valence-corrected chi connectivity index (χ2v) is 3.76. The van der Waals surface area contributed by atoms with Gasteiger partial charge >= 0.3 is 0 Å². The number of hydrogen-bond acceptors (Lipinski definition) is 2. The molecule has 1 aliphatic heterocycles. The van der Waals surface area contributed by atoms with Gasteiger partial charge in [0.2, 0.25) is 0 Å². The average Bonchev–Trinajstić information content (AvgIpc) is 2.22. The molecule has 0 spiro atoms. The Morgan fingerprint density at radius 2 is 2.44 bits per heavy atom. The maximum absolute atomic E-state index is 5.74. The molecule has 0 amide bonds. The third-order valence-corrected chi connectivity index (χ3v) is 2.64. The molecule has 1 nitrogen and oxygen atoms in total. The van der Waals surface area contributed by atoms with Crippen LogP contribution in [0.25, 0.3) is 0 Å². The van der Waals surface area contributed by atoms with Crippen molar-refractivity contribution in [3.8, 4) is 0 Å². The van der Waals surface area contributed by atoms with Crippen LogP contribution in [-0.4, -0.2) is 0 Å². The van der Waals surface area contributed by atoms with Crippen LogP contribution < -0.4 is 0 Å². The van der Waals surface area contributed by atoms with E-state index in [-0.39, 0.29) is 0 Å². The zero-order valence-corrected chi connectivity index (χ0v) is 6.26. The molecule has 3 heteroatoms. The molecule has 1 aromatic heterocycles. The number of rotatable bonds is 0. The molecule has 0 fully saturated rings. The predicted molar refractivity (Wildman–Crippen MR) is 37.8 cm³/mol. The van der Waals surface area contributed by atoms with E-state index in [4.69, 9.17) is 16.3 Å². The summed E-state index contributed by atoms with van der Waals surface area (Å²) in [5.74, 6) is 0. The first-order chi connectivity index (χ1) is 4.36. The fraction of sp³-hybridized carbons (Fsp3) is 0.333. The zero-order chi connectivity index (χ0) is 6.27. The molecule has 9 heavy (non-hydrogen) atoms. The number of halogens is 1. The third-order valence-electron chi connectivity index (χ3n) is 1.36. The van der Waals surface area contributed by atoms with Crippen molar-refractivity contribution in [3.63, 3.8) is 0 Å². The van der Waals surface area contributed by atoms with E-state index in [0.29, 0.717) is 0 Å². The summed E-state index contributed by atoms with van der Waals surface area (Å²) in [7, 11) is 0. The molecular weight excluding hydrogens is 156 g/mol. The quantitative estimate of drug-likeness (QED) is 0.567. The lowest BCUT2D eigenvalue weighted by Crippen LogP contribution is -1.73. The lowest BCUT2D eigenvalue weighted by Gasteiger charge is -1.84. The van der Waals surface area contributed by atoms with Crippen molar-refractivity contribution < 1.29 is 4.74 Å². The second-order valence-electron chi connectivity index (χ2n) is 1.99. The maximum atomic E-state index is 5.74. The second kappa shape index (κ2) is 1.97. The topological polar surface area (TPSA) is 9.23 Å². The number of hydrogen-bond donors (Lipinski definition) is 0. The van der Waals surface area contributed by atoms with Crippen molar-refractivity contribution in [2.45, 2.75) is 13.2 Å². The standard InChI is InChI=1S/C6H5ClOS/c7-6-1-4-2-8-3-5(4)9-6/h1H,2-3H2. The van der Waals surface area contributed by atoms with E-state index < -0.39 is 0 Å². The lowest BCUT2D eigenvalue weighted by atomic mass is 10.3. The van der Waals surface area contributed by atoms with Gasteiger partial charge in [0, 0.05) is 4.88 Å². The normalized spacial score (nSPS) is 16.1. The highest BCUT2D eigenvalue weighted by molar-refractivity contribution is 7.16. The number of thiophene rings is 1. The Labute approximate surface area is 62.2 Å². The summed E-state index contributed by atoms with van der Waals surface area (Å²) in [6.07, 6.45) is 0. The SMILES string of the molecule is Clc1cc2c(s1)COC2. The van der Waals surface area contributed by atoms with Gasteiger partial charge in [-0.1, -0.05) is 11.6 Å². The Kier molecular flexibility index (Phi) is 1.25. The molecular formula is C6H5ClOS. The van der Waals surface area contributed by atoms with Crippen LogP contribution in [0.15, 0.2) is 6.07 Å². The highest BCUT2D eigenvalue weighted by atomic mass is 35.5. The maximum Gasteiger partial charge on any atom is 0.0935 e. The molecule has 2 rings (SSSR count). The fourth-order valence-electron chi connectivity index (χ4n) is 0.928. The van der Waals surface area contributed by atoms with Crippen LogP contribution >= 0.6 is 22.9 Å². The Hall–Kier alpha value is -0.0500. The first-order valence-electron chi connectivity index (χ1n) is 2.71. The highest BCUT2D eigenvalue weighted by Gasteiger charge is 2.13. The van der Waals surface area contributed by atoms with Gasteiger partial charge in [-0.2, -0.15) is 0 Å². The van der Waals surface area contributed by atoms with E-state index in [2.05, 4.69) is 0 Å². The van der Waals surface area contributed by atoms with Gasteiger partial charge < -0.3 is 4.74 Å². The summed E-state index contributed by atoms with van der Waals surface area (Å²) >= 11 is 7.36. The third kappa shape index (κ3) is 0.874. The fourth-order valence-corrected chi connectivity index (χ4v) is 2.17. The molecule has 0 radical (unpaired) electrons. The van der Waals surface area contributed by atoms with Crippen molar-refractivity contribution in [3.05, 3.63) is 20.8 Å². The van der Waals surface area contributed by atoms with Gasteiger partial charge in [-0.3, -0.25) is 0 Å². The molecule has 0 bridgehead atoms. The van der Waals surface area contributed by atoms with Crippen LogP contribution in [0.3, 0.4) is 0 Å². The lowest BCUT2D eigenvalue weighted by molar-refractivity contribution is 0.135. The minimum Gasteiger partial charge on any atom is -0.371 e. The van der Waals surface area contributed by atoms with E-state index in [1.165, 1.54) is 10.4 Å². The van der Waals surface area contributed by atoms with Crippen LogP contribution in [0.5, 0.6) is 0 Å². The molecule has 1 aromatic rings. The van der Waals surface area contributed by atoms with Crippen LogP contribution in [-0.2, 0) is 18.0 Å². The Bertz CT molecular complexity index is 209. The summed E-state index contributed by atoms with van der Waals surface area (Å²) in [6, 6.07) is 1.98. The van der Waals surface area contributed by atoms with Gasteiger partial charge in [-0.25, -0.2) is 0 Å². The first kappa shape index (κ1) is 5.71. The monoisotopic (exact) mass is 160 g/mol. The molecule has 1 aliphatic rings. The van der Waals surface area contributed by atoms with Crippen LogP contribution in [0.4, 0.5) is 0 Å². The molecule has 0 aliphatic carbocycles. The summed E-state index contributed by atoms with van der Waals surface area (Å²) in [5.41, 5.74) is 1.27. The smallest absolute Gasteiger partial charge is 0.0935 e. The van der Waals surface area contributed by atoms with E-state index in [1.807, 2.05) is 6.07 Å². The number of fused-ring (bicyclic) bond motifs is 1. The van der Waals surface area contributed by atoms with Gasteiger partial charge in [0.25, 0.3) is 0 Å². The minimum absolute atomic E-state index is 0.749. The molecule has 0 saturated heterocycles. The molecule has 0 atom stereocenters. The molecule has 0 saturated carbocycles. The molecule has 48 valence electrons. The van der Waals surface area contributed by atoms with Gasteiger partial charge in [0.1, 0.15) is 0 Å². The van der Waals surface area contributed by atoms with Crippen molar-refractivity contribution in [2.24, 2.45) is 0 Å². The predicted octanol–water partition coefficient (Wildman–Crippen LogP) is 2.43. The van der Waals surface area contributed by atoms with Crippen LogP contribution in [0.1, 0.15) is 10.4 Å². The molecule has 0 unspecified atom stereocenters. The summed E-state index contributed by atoms with van der Waals surface area (Å²) in [4.78, 5) is 1.29. The van der Waals surface area contributed by atoms with Crippen molar-refractivity contribution >= 4 is 22.9 Å². The van der Waals surface area contributed by atoms with Gasteiger partial charge in [0.05, 0.1) is 17.6 Å². The average molecular weight is 161 g/mol. The summed E-state index contributed by atoms with van der Waals surface area (Å²) in [6.45, 7) is 1.51. The van der Waals surface area contributed by atoms with Crippen LogP contribution in [0, 0.1) is 0 Å². The van der Waals surface area contributed by atoms with Gasteiger partial charge in [0.15, 0.2) is 0 Å². The van der Waals surface area contributed by atoms with E-state index >= 15 is 0 Å². The van der Waals surface area contributed by atoms with Crippen molar-refractivity contribution in [1.82, 2.24) is 0 Å². The van der Waals surface area contributed by atoms with Crippen molar-refractivity contribution in [1.29, 1.82) is 0 Å². The van der Waals surface area contributed by atoms with E-state index in [1.54, 1.807) is 11.3 Å². The van der Waals surface area contributed by atoms with Crippen LogP contribution in [0.2, 0.25) is 4.34 Å². The molecule has 2 heterocycles. The van der Waals surface area contributed by atoms with E-state index in [0.717, 1.165) is 17.6 Å². The van der Waals surface area contributed by atoms with Gasteiger partial charge in [-0.05, 0) is 11.6 Å². The molecule has 0 N–H and O–H groups in total. The Morgan fingerprint density at radius 3 is 3.22 bits per heavy atom. The number of ether oxygens (including phenoxy) is 1. The molecule has 0 aromatic carbocycles.